The van der Waals surface area contributed by atoms with E-state index in [4.69, 9.17) is 5.73 Å². The molecule has 2 rings (SSSR count). The SMILES string of the molecule is CCN1CC[C@@]2(CC[C@@H](CN)C2)C1. The van der Waals surface area contributed by atoms with Crippen LogP contribution in [-0.2, 0) is 0 Å². The Hall–Kier alpha value is -0.0800. The lowest BCUT2D eigenvalue weighted by molar-refractivity contribution is 0.261. The summed E-state index contributed by atoms with van der Waals surface area (Å²) in [5.41, 5.74) is 6.42. The van der Waals surface area contributed by atoms with Crippen molar-refractivity contribution in [2.24, 2.45) is 17.1 Å². The van der Waals surface area contributed by atoms with Crippen molar-refractivity contribution in [1.29, 1.82) is 0 Å². The highest BCUT2D eigenvalue weighted by Crippen LogP contribution is 2.47. The van der Waals surface area contributed by atoms with E-state index >= 15 is 0 Å². The summed E-state index contributed by atoms with van der Waals surface area (Å²) in [4.78, 5) is 2.60. The Morgan fingerprint density at radius 2 is 2.31 bits per heavy atom. The Balaban J connectivity index is 1.93. The number of nitrogens with two attached hydrogens (primary N) is 1. The van der Waals surface area contributed by atoms with Crippen LogP contribution in [0.15, 0.2) is 0 Å². The van der Waals surface area contributed by atoms with Crippen molar-refractivity contribution in [2.75, 3.05) is 26.2 Å². The van der Waals surface area contributed by atoms with Crippen LogP contribution in [-0.4, -0.2) is 31.1 Å². The molecule has 2 aliphatic rings. The molecule has 1 spiro atoms. The lowest BCUT2D eigenvalue weighted by Gasteiger charge is -2.23. The lowest BCUT2D eigenvalue weighted by atomic mass is 9.84. The zero-order chi connectivity index (χ0) is 9.31. The van der Waals surface area contributed by atoms with Crippen LogP contribution in [0.2, 0.25) is 0 Å². The minimum atomic E-state index is 0.681. The Kier molecular flexibility index (Phi) is 2.61. The Morgan fingerprint density at radius 1 is 1.46 bits per heavy atom. The normalized spacial score (nSPS) is 40.6. The van der Waals surface area contributed by atoms with E-state index in [2.05, 4.69) is 11.8 Å². The summed E-state index contributed by atoms with van der Waals surface area (Å²) >= 11 is 0. The summed E-state index contributed by atoms with van der Waals surface area (Å²) in [6.45, 7) is 7.09. The van der Waals surface area contributed by atoms with Crippen LogP contribution in [0.5, 0.6) is 0 Å². The zero-order valence-corrected chi connectivity index (χ0v) is 8.76. The largest absolute Gasteiger partial charge is 0.330 e. The fourth-order valence-electron chi connectivity index (χ4n) is 3.20. The van der Waals surface area contributed by atoms with E-state index in [-0.39, 0.29) is 0 Å². The molecule has 13 heavy (non-hydrogen) atoms. The molecule has 0 amide bonds. The molecule has 0 unspecified atom stereocenters. The van der Waals surface area contributed by atoms with Crippen molar-refractivity contribution in [2.45, 2.75) is 32.6 Å². The van der Waals surface area contributed by atoms with Gasteiger partial charge in [0.25, 0.3) is 0 Å². The molecule has 2 atom stereocenters. The van der Waals surface area contributed by atoms with Gasteiger partial charge in [-0.1, -0.05) is 6.92 Å². The maximum absolute atomic E-state index is 5.74. The van der Waals surface area contributed by atoms with Crippen LogP contribution in [0.25, 0.3) is 0 Å². The first-order chi connectivity index (χ1) is 6.28. The molecule has 1 heterocycles. The van der Waals surface area contributed by atoms with E-state index in [0.717, 1.165) is 12.5 Å². The smallest absolute Gasteiger partial charge is 0.00384 e. The van der Waals surface area contributed by atoms with Crippen molar-refractivity contribution >= 4 is 0 Å². The fraction of sp³-hybridized carbons (Fsp3) is 1.00. The highest BCUT2D eigenvalue weighted by atomic mass is 15.1. The Morgan fingerprint density at radius 3 is 2.85 bits per heavy atom. The molecule has 2 fully saturated rings. The average Bonchev–Trinajstić information content (AvgIpc) is 2.74. The molecular formula is C11H22N2. The van der Waals surface area contributed by atoms with Gasteiger partial charge in [-0.15, -0.1) is 0 Å². The van der Waals surface area contributed by atoms with Crippen molar-refractivity contribution in [3.05, 3.63) is 0 Å². The van der Waals surface area contributed by atoms with Crippen LogP contribution in [0.3, 0.4) is 0 Å². The van der Waals surface area contributed by atoms with Gasteiger partial charge in [-0.2, -0.15) is 0 Å². The van der Waals surface area contributed by atoms with E-state index in [1.54, 1.807) is 0 Å². The van der Waals surface area contributed by atoms with Gasteiger partial charge in [0, 0.05) is 6.54 Å². The summed E-state index contributed by atoms with van der Waals surface area (Å²) in [7, 11) is 0. The van der Waals surface area contributed by atoms with Gasteiger partial charge >= 0.3 is 0 Å². The summed E-state index contributed by atoms with van der Waals surface area (Å²) < 4.78 is 0. The first-order valence-corrected chi connectivity index (χ1v) is 5.70. The second kappa shape index (κ2) is 3.58. The van der Waals surface area contributed by atoms with Crippen LogP contribution in [0, 0.1) is 11.3 Å². The summed E-state index contributed by atoms with van der Waals surface area (Å²) in [5, 5.41) is 0. The second-order valence-corrected chi connectivity index (χ2v) is 4.96. The Bertz CT molecular complexity index is 159. The van der Waals surface area contributed by atoms with E-state index in [1.807, 2.05) is 0 Å². The summed E-state index contributed by atoms with van der Waals surface area (Å²) in [6, 6.07) is 0. The quantitative estimate of drug-likeness (QED) is 0.700. The molecule has 76 valence electrons. The van der Waals surface area contributed by atoms with Gasteiger partial charge in [-0.25, -0.2) is 0 Å². The third kappa shape index (κ3) is 1.75. The molecule has 0 radical (unpaired) electrons. The third-order valence-corrected chi connectivity index (χ3v) is 4.10. The van der Waals surface area contributed by atoms with Gasteiger partial charge in [0.15, 0.2) is 0 Å². The minimum absolute atomic E-state index is 0.681. The summed E-state index contributed by atoms with van der Waals surface area (Å²) in [6.07, 6.45) is 5.65. The Labute approximate surface area is 81.5 Å². The van der Waals surface area contributed by atoms with Gasteiger partial charge in [0.2, 0.25) is 0 Å². The molecule has 0 aromatic rings. The van der Waals surface area contributed by atoms with E-state index in [9.17, 15) is 0 Å². The summed E-state index contributed by atoms with van der Waals surface area (Å²) in [5.74, 6) is 0.830. The number of hydrogen-bond donors (Lipinski definition) is 1. The molecule has 1 saturated heterocycles. The highest BCUT2D eigenvalue weighted by Gasteiger charge is 2.42. The number of hydrogen-bond acceptors (Lipinski definition) is 2. The number of likely N-dealkylation sites (tertiary alicyclic amines) is 1. The van der Waals surface area contributed by atoms with Gasteiger partial charge in [-0.3, -0.25) is 0 Å². The van der Waals surface area contributed by atoms with Crippen LogP contribution in [0.4, 0.5) is 0 Å². The minimum Gasteiger partial charge on any atom is -0.330 e. The molecule has 1 saturated carbocycles. The highest BCUT2D eigenvalue weighted by molar-refractivity contribution is 4.95. The van der Waals surface area contributed by atoms with E-state index in [1.165, 1.54) is 45.3 Å². The van der Waals surface area contributed by atoms with Crippen molar-refractivity contribution < 1.29 is 0 Å². The van der Waals surface area contributed by atoms with Crippen LogP contribution >= 0.6 is 0 Å². The molecule has 2 heteroatoms. The second-order valence-electron chi connectivity index (χ2n) is 4.96. The average molecular weight is 182 g/mol. The first kappa shape index (κ1) is 9.47. The topological polar surface area (TPSA) is 29.3 Å². The molecule has 0 aromatic carbocycles. The predicted octanol–water partition coefficient (Wildman–Crippen LogP) is 1.46. The van der Waals surface area contributed by atoms with Gasteiger partial charge < -0.3 is 10.6 Å². The molecule has 1 aliphatic carbocycles. The predicted molar refractivity (Wildman–Crippen MR) is 55.6 cm³/mol. The van der Waals surface area contributed by atoms with E-state index < -0.39 is 0 Å². The van der Waals surface area contributed by atoms with Gasteiger partial charge in [0.05, 0.1) is 0 Å². The molecule has 1 aliphatic heterocycles. The van der Waals surface area contributed by atoms with Gasteiger partial charge in [-0.05, 0) is 56.7 Å². The zero-order valence-electron chi connectivity index (χ0n) is 8.76. The third-order valence-electron chi connectivity index (χ3n) is 4.10. The van der Waals surface area contributed by atoms with Crippen LogP contribution in [0.1, 0.15) is 32.6 Å². The first-order valence-electron chi connectivity index (χ1n) is 5.70. The molecule has 0 bridgehead atoms. The van der Waals surface area contributed by atoms with Crippen molar-refractivity contribution in [3.8, 4) is 0 Å². The number of rotatable bonds is 2. The molecule has 2 N–H and O–H groups in total. The molecule has 2 nitrogen and oxygen atoms in total. The monoisotopic (exact) mass is 182 g/mol. The maximum Gasteiger partial charge on any atom is 0.00384 e. The standard InChI is InChI=1S/C11H22N2/c1-2-13-6-5-11(9-13)4-3-10(7-11)8-12/h10H,2-9,12H2,1H3/t10-,11-/m1/s1. The molecular weight excluding hydrogens is 160 g/mol. The van der Waals surface area contributed by atoms with Crippen molar-refractivity contribution in [3.63, 3.8) is 0 Å². The fourth-order valence-corrected chi connectivity index (χ4v) is 3.20. The van der Waals surface area contributed by atoms with E-state index in [0.29, 0.717) is 5.41 Å². The molecule has 0 aromatic heterocycles. The maximum atomic E-state index is 5.74. The number of nitrogens with zero attached hydrogens (tertiary/aromatic N) is 1. The van der Waals surface area contributed by atoms with Crippen molar-refractivity contribution in [1.82, 2.24) is 4.90 Å². The lowest BCUT2D eigenvalue weighted by Crippen LogP contribution is -2.25. The van der Waals surface area contributed by atoms with Gasteiger partial charge in [0.1, 0.15) is 0 Å². The van der Waals surface area contributed by atoms with Crippen LogP contribution < -0.4 is 5.73 Å².